The third kappa shape index (κ3) is 5.78. The van der Waals surface area contributed by atoms with Crippen molar-refractivity contribution in [1.29, 1.82) is 0 Å². The largest absolute Gasteiger partial charge is 0.338 e. The van der Waals surface area contributed by atoms with E-state index in [0.717, 1.165) is 11.1 Å². The molecule has 0 radical (unpaired) electrons. The molecule has 0 aliphatic heterocycles. The van der Waals surface area contributed by atoms with Crippen molar-refractivity contribution in [2.45, 2.75) is 25.9 Å². The van der Waals surface area contributed by atoms with Gasteiger partial charge in [-0.15, -0.1) is 0 Å². The van der Waals surface area contributed by atoms with Crippen molar-refractivity contribution in [3.05, 3.63) is 108 Å². The van der Waals surface area contributed by atoms with Crippen molar-refractivity contribution >= 4 is 17.6 Å². The Labute approximate surface area is 201 Å². The van der Waals surface area contributed by atoms with Crippen LogP contribution in [0.1, 0.15) is 29.8 Å². The smallest absolute Gasteiger partial charge is 0.252 e. The average molecular weight is 475 g/mol. The van der Waals surface area contributed by atoms with E-state index < -0.39 is 23.2 Å². The highest BCUT2D eigenvalue weighted by Crippen LogP contribution is 2.25. The first-order valence-corrected chi connectivity index (χ1v) is 11.0. The molecule has 1 heterocycles. The molecule has 2 amide bonds. The summed E-state index contributed by atoms with van der Waals surface area (Å²) in [6.45, 7) is 3.56. The van der Waals surface area contributed by atoms with E-state index in [9.17, 15) is 18.4 Å². The number of nitrogens with zero attached hydrogens (tertiary/aromatic N) is 2. The number of hydrogen-bond acceptors (Lipinski definition) is 3. The van der Waals surface area contributed by atoms with Gasteiger partial charge >= 0.3 is 0 Å². The summed E-state index contributed by atoms with van der Waals surface area (Å²) in [5.41, 5.74) is 1.38. The van der Waals surface area contributed by atoms with E-state index in [2.05, 4.69) is 15.7 Å². The first-order valence-electron chi connectivity index (χ1n) is 11.0. The van der Waals surface area contributed by atoms with Crippen molar-refractivity contribution < 1.29 is 18.4 Å². The molecule has 3 aromatic carbocycles. The molecule has 8 heteroatoms. The number of amides is 2. The van der Waals surface area contributed by atoms with Gasteiger partial charge in [0.05, 0.1) is 12.2 Å². The monoisotopic (exact) mass is 474 g/mol. The van der Waals surface area contributed by atoms with Crippen molar-refractivity contribution in [3.8, 4) is 11.3 Å². The fourth-order valence-electron chi connectivity index (χ4n) is 3.49. The molecule has 0 saturated carbocycles. The fraction of sp³-hybridized carbons (Fsp3) is 0.148. The first-order chi connectivity index (χ1) is 16.7. The zero-order valence-electron chi connectivity index (χ0n) is 19.3. The van der Waals surface area contributed by atoms with Gasteiger partial charge in [0.25, 0.3) is 11.8 Å². The predicted molar refractivity (Wildman–Crippen MR) is 130 cm³/mol. The molecule has 0 saturated heterocycles. The van der Waals surface area contributed by atoms with Gasteiger partial charge < -0.3 is 10.6 Å². The number of rotatable bonds is 7. The maximum Gasteiger partial charge on any atom is 0.252 e. The summed E-state index contributed by atoms with van der Waals surface area (Å²) >= 11 is 0. The first kappa shape index (κ1) is 23.8. The van der Waals surface area contributed by atoms with Crippen molar-refractivity contribution in [1.82, 2.24) is 15.1 Å². The number of benzene rings is 3. The number of halogens is 2. The number of hydrogen-bond donors (Lipinski definition) is 2. The lowest BCUT2D eigenvalue weighted by atomic mass is 10.0. The van der Waals surface area contributed by atoms with Crippen LogP contribution < -0.4 is 10.6 Å². The molecular weight excluding hydrogens is 450 g/mol. The van der Waals surface area contributed by atoms with E-state index in [1.807, 2.05) is 30.3 Å². The minimum atomic E-state index is -1.29. The number of nitrogens with one attached hydrogen (secondary N) is 2. The van der Waals surface area contributed by atoms with E-state index in [4.69, 9.17) is 0 Å². The van der Waals surface area contributed by atoms with Gasteiger partial charge in [-0.1, -0.05) is 30.3 Å². The molecule has 0 bridgehead atoms. The standard InChI is InChI=1S/C27H24F2N4O2/c1-27(2,31-25(34)20-10-14-22(29)15-11-20)26(35)30-24-16-23(19-8-12-21(28)13-9-19)33(32-24)17-18-6-4-3-5-7-18/h3-16H,17H2,1-2H3,(H,31,34)(H,30,32,35). The zero-order chi connectivity index (χ0) is 25.0. The van der Waals surface area contributed by atoms with Crippen molar-refractivity contribution in [3.63, 3.8) is 0 Å². The highest BCUT2D eigenvalue weighted by Gasteiger charge is 2.30. The van der Waals surface area contributed by atoms with Gasteiger partial charge in [-0.05, 0) is 67.9 Å². The summed E-state index contributed by atoms with van der Waals surface area (Å²) in [4.78, 5) is 25.6. The van der Waals surface area contributed by atoms with Crippen LogP contribution in [0.2, 0.25) is 0 Å². The Morgan fingerprint density at radius 3 is 2.11 bits per heavy atom. The van der Waals surface area contributed by atoms with Crippen molar-refractivity contribution in [2.75, 3.05) is 5.32 Å². The molecule has 35 heavy (non-hydrogen) atoms. The molecule has 4 rings (SSSR count). The second-order valence-corrected chi connectivity index (χ2v) is 8.61. The number of carbonyl (C=O) groups excluding carboxylic acids is 2. The quantitative estimate of drug-likeness (QED) is 0.395. The SMILES string of the molecule is CC(C)(NC(=O)c1ccc(F)cc1)C(=O)Nc1cc(-c2ccc(F)cc2)n(Cc2ccccc2)n1. The van der Waals surface area contributed by atoms with Gasteiger partial charge in [0.2, 0.25) is 0 Å². The maximum atomic E-state index is 13.5. The predicted octanol–water partition coefficient (Wildman–Crippen LogP) is 5.02. The number of aromatic nitrogens is 2. The Balaban J connectivity index is 1.56. The summed E-state index contributed by atoms with van der Waals surface area (Å²) in [5.74, 6) is -1.51. The normalized spacial score (nSPS) is 11.2. The Kier molecular flexibility index (Phi) is 6.73. The van der Waals surface area contributed by atoms with Crippen LogP contribution in [-0.4, -0.2) is 27.1 Å². The van der Waals surface area contributed by atoms with Gasteiger partial charge in [0.1, 0.15) is 17.2 Å². The third-order valence-electron chi connectivity index (χ3n) is 5.44. The molecule has 4 aromatic rings. The number of carbonyl (C=O) groups is 2. The van der Waals surface area contributed by atoms with Gasteiger partial charge in [-0.3, -0.25) is 14.3 Å². The third-order valence-corrected chi connectivity index (χ3v) is 5.44. The molecule has 2 N–H and O–H groups in total. The minimum absolute atomic E-state index is 0.234. The van der Waals surface area contributed by atoms with E-state index >= 15 is 0 Å². The lowest BCUT2D eigenvalue weighted by molar-refractivity contribution is -0.121. The van der Waals surface area contributed by atoms with Crippen LogP contribution in [0.25, 0.3) is 11.3 Å². The summed E-state index contributed by atoms with van der Waals surface area (Å²) in [7, 11) is 0. The Morgan fingerprint density at radius 2 is 1.49 bits per heavy atom. The zero-order valence-corrected chi connectivity index (χ0v) is 19.3. The van der Waals surface area contributed by atoms with Crippen LogP contribution in [0.3, 0.4) is 0 Å². The Bertz CT molecular complexity index is 1330. The molecule has 0 fully saturated rings. The van der Waals surface area contributed by atoms with Crippen LogP contribution in [0, 0.1) is 11.6 Å². The minimum Gasteiger partial charge on any atom is -0.338 e. The van der Waals surface area contributed by atoms with Gasteiger partial charge in [-0.25, -0.2) is 8.78 Å². The fourth-order valence-corrected chi connectivity index (χ4v) is 3.49. The Morgan fingerprint density at radius 1 is 0.886 bits per heavy atom. The molecule has 0 spiro atoms. The summed E-state index contributed by atoms with van der Waals surface area (Å²) in [6.07, 6.45) is 0. The van der Waals surface area contributed by atoms with Crippen LogP contribution in [-0.2, 0) is 11.3 Å². The highest BCUT2D eigenvalue weighted by molar-refractivity contribution is 6.03. The molecular formula is C27H24F2N4O2. The van der Waals surface area contributed by atoms with Crippen LogP contribution in [0.15, 0.2) is 84.9 Å². The van der Waals surface area contributed by atoms with Crippen molar-refractivity contribution in [2.24, 2.45) is 0 Å². The van der Waals surface area contributed by atoms with E-state index in [1.54, 1.807) is 36.7 Å². The summed E-state index contributed by atoms with van der Waals surface area (Å²) in [6, 6.07) is 22.4. The van der Waals surface area contributed by atoms with Crippen LogP contribution in [0.5, 0.6) is 0 Å². The van der Waals surface area contributed by atoms with Gasteiger partial charge in [0.15, 0.2) is 5.82 Å². The molecule has 1 aromatic heterocycles. The van der Waals surface area contributed by atoms with E-state index in [-0.39, 0.29) is 17.2 Å². The average Bonchev–Trinajstić information content (AvgIpc) is 3.22. The lowest BCUT2D eigenvalue weighted by Gasteiger charge is -2.24. The van der Waals surface area contributed by atoms with E-state index in [1.165, 1.54) is 36.4 Å². The molecule has 0 aliphatic rings. The van der Waals surface area contributed by atoms with Gasteiger partial charge in [-0.2, -0.15) is 5.10 Å². The molecule has 6 nitrogen and oxygen atoms in total. The second kappa shape index (κ2) is 9.89. The Hall–Kier alpha value is -4.33. The topological polar surface area (TPSA) is 76.0 Å². The maximum absolute atomic E-state index is 13.5. The summed E-state index contributed by atoms with van der Waals surface area (Å²) < 4.78 is 28.3. The van der Waals surface area contributed by atoms with Crippen LogP contribution in [0.4, 0.5) is 14.6 Å². The number of anilines is 1. The lowest BCUT2D eigenvalue weighted by Crippen LogP contribution is -2.52. The van der Waals surface area contributed by atoms with Crippen LogP contribution >= 0.6 is 0 Å². The molecule has 0 aliphatic carbocycles. The van der Waals surface area contributed by atoms with E-state index in [0.29, 0.717) is 12.2 Å². The second-order valence-electron chi connectivity index (χ2n) is 8.61. The molecule has 178 valence electrons. The molecule has 0 atom stereocenters. The highest BCUT2D eigenvalue weighted by atomic mass is 19.1. The molecule has 0 unspecified atom stereocenters. The van der Waals surface area contributed by atoms with Gasteiger partial charge in [0, 0.05) is 17.2 Å². The summed E-state index contributed by atoms with van der Waals surface area (Å²) in [5, 5.41) is 9.96.